The van der Waals surface area contributed by atoms with Gasteiger partial charge in [-0.05, 0) is 24.3 Å². The Morgan fingerprint density at radius 3 is 2.48 bits per heavy atom. The monoisotopic (exact) mass is 420 g/mol. The van der Waals surface area contributed by atoms with Crippen molar-refractivity contribution in [2.75, 3.05) is 31.5 Å². The summed E-state index contributed by atoms with van der Waals surface area (Å²) < 4.78 is 16.0. The maximum Gasteiger partial charge on any atom is 0.240 e. The highest BCUT2D eigenvalue weighted by molar-refractivity contribution is 6.21. The number of rotatable bonds is 6. The van der Waals surface area contributed by atoms with Crippen LogP contribution in [0, 0.1) is 0 Å². The fourth-order valence-corrected chi connectivity index (χ4v) is 3.32. The summed E-state index contributed by atoms with van der Waals surface area (Å²) in [6, 6.07) is 12.3. The van der Waals surface area contributed by atoms with Crippen LogP contribution in [0.3, 0.4) is 0 Å². The molecule has 0 unspecified atom stereocenters. The zero-order valence-corrected chi connectivity index (χ0v) is 17.2. The lowest BCUT2D eigenvalue weighted by Crippen LogP contribution is -2.35. The standard InChI is InChI=1S/C22H20N4O5/c1-29-13-8-9-16(19(10-13)31-3)26-20(28)11-17(27)14-12-23-22(25-21(14)26)24-15-6-4-5-7-18(15)30-2/h4-10,12H,11H2,1-3H3,(H,23,24,25). The molecule has 1 aromatic heterocycles. The van der Waals surface area contributed by atoms with Crippen LogP contribution in [0.5, 0.6) is 17.2 Å². The second kappa shape index (κ2) is 8.31. The number of para-hydroxylation sites is 2. The van der Waals surface area contributed by atoms with E-state index in [0.29, 0.717) is 28.6 Å². The fraction of sp³-hybridized carbons (Fsp3) is 0.182. The summed E-state index contributed by atoms with van der Waals surface area (Å²) in [5.74, 6) is 1.22. The topological polar surface area (TPSA) is 103 Å². The van der Waals surface area contributed by atoms with Crippen molar-refractivity contribution in [2.24, 2.45) is 0 Å². The Hall–Kier alpha value is -4.14. The van der Waals surface area contributed by atoms with Gasteiger partial charge in [0.2, 0.25) is 11.9 Å². The minimum Gasteiger partial charge on any atom is -0.497 e. The van der Waals surface area contributed by atoms with Crippen LogP contribution >= 0.6 is 0 Å². The second-order valence-corrected chi connectivity index (χ2v) is 6.62. The number of ether oxygens (including phenoxy) is 3. The van der Waals surface area contributed by atoms with E-state index >= 15 is 0 Å². The van der Waals surface area contributed by atoms with E-state index in [4.69, 9.17) is 14.2 Å². The number of nitrogens with one attached hydrogen (secondary N) is 1. The predicted molar refractivity (Wildman–Crippen MR) is 114 cm³/mol. The SMILES string of the molecule is COc1ccc(N2C(=O)CC(=O)c3cnc(Nc4ccccc4OC)nc32)c(OC)c1. The molecule has 0 saturated heterocycles. The molecule has 2 aromatic carbocycles. The van der Waals surface area contributed by atoms with Gasteiger partial charge in [0.1, 0.15) is 17.2 Å². The smallest absolute Gasteiger partial charge is 0.240 e. The van der Waals surface area contributed by atoms with E-state index in [1.807, 2.05) is 18.2 Å². The highest BCUT2D eigenvalue weighted by atomic mass is 16.5. The Bertz CT molecular complexity index is 1160. The molecule has 0 bridgehead atoms. The quantitative estimate of drug-likeness (QED) is 0.605. The van der Waals surface area contributed by atoms with Crippen molar-refractivity contribution in [2.45, 2.75) is 6.42 Å². The average molecular weight is 420 g/mol. The molecule has 9 heteroatoms. The van der Waals surface area contributed by atoms with Crippen molar-refractivity contribution in [1.29, 1.82) is 0 Å². The molecule has 2 heterocycles. The van der Waals surface area contributed by atoms with Gasteiger partial charge in [-0.3, -0.25) is 14.5 Å². The third kappa shape index (κ3) is 3.73. The molecule has 0 atom stereocenters. The summed E-state index contributed by atoms with van der Waals surface area (Å²) in [5, 5.41) is 3.07. The normalized spacial score (nSPS) is 12.9. The van der Waals surface area contributed by atoms with Crippen molar-refractivity contribution in [3.63, 3.8) is 0 Å². The number of aromatic nitrogens is 2. The maximum atomic E-state index is 12.9. The van der Waals surface area contributed by atoms with E-state index in [0.717, 1.165) is 0 Å². The average Bonchev–Trinajstić information content (AvgIpc) is 2.79. The first-order valence-corrected chi connectivity index (χ1v) is 9.41. The number of amides is 1. The molecular formula is C22H20N4O5. The van der Waals surface area contributed by atoms with E-state index in [-0.39, 0.29) is 29.5 Å². The summed E-state index contributed by atoms with van der Waals surface area (Å²) in [6.07, 6.45) is 1.13. The van der Waals surface area contributed by atoms with Gasteiger partial charge in [0, 0.05) is 12.3 Å². The third-order valence-corrected chi connectivity index (χ3v) is 4.82. The Morgan fingerprint density at radius 1 is 0.968 bits per heavy atom. The van der Waals surface area contributed by atoms with Gasteiger partial charge in [0.15, 0.2) is 11.6 Å². The lowest BCUT2D eigenvalue weighted by atomic mass is 10.0. The van der Waals surface area contributed by atoms with Gasteiger partial charge in [0.05, 0.1) is 44.7 Å². The van der Waals surface area contributed by atoms with E-state index in [2.05, 4.69) is 15.3 Å². The molecule has 158 valence electrons. The molecule has 4 rings (SSSR count). The minimum atomic E-state index is -0.414. The highest BCUT2D eigenvalue weighted by Crippen LogP contribution is 2.40. The first-order chi connectivity index (χ1) is 15.0. The lowest BCUT2D eigenvalue weighted by Gasteiger charge is -2.28. The fourth-order valence-electron chi connectivity index (χ4n) is 3.32. The minimum absolute atomic E-state index is 0.178. The zero-order valence-electron chi connectivity index (χ0n) is 17.2. The molecule has 0 saturated carbocycles. The number of hydrogen-bond donors (Lipinski definition) is 1. The predicted octanol–water partition coefficient (Wildman–Crippen LogP) is 3.50. The van der Waals surface area contributed by atoms with E-state index in [1.165, 1.54) is 25.3 Å². The molecule has 1 amide bonds. The third-order valence-electron chi connectivity index (χ3n) is 4.82. The molecule has 0 radical (unpaired) electrons. The van der Waals surface area contributed by atoms with Crippen LogP contribution in [0.25, 0.3) is 0 Å². The Labute approximate surface area is 178 Å². The number of carbonyl (C=O) groups is 2. The summed E-state index contributed by atoms with van der Waals surface area (Å²) in [5.41, 5.74) is 1.35. The molecule has 31 heavy (non-hydrogen) atoms. The van der Waals surface area contributed by atoms with Crippen LogP contribution in [0.2, 0.25) is 0 Å². The molecule has 1 aliphatic rings. The van der Waals surface area contributed by atoms with Crippen LogP contribution in [-0.4, -0.2) is 43.0 Å². The van der Waals surface area contributed by atoms with Gasteiger partial charge in [-0.25, -0.2) is 4.98 Å². The Balaban J connectivity index is 1.80. The molecule has 0 aliphatic carbocycles. The highest BCUT2D eigenvalue weighted by Gasteiger charge is 2.34. The van der Waals surface area contributed by atoms with Crippen LogP contribution in [0.1, 0.15) is 16.8 Å². The van der Waals surface area contributed by atoms with Crippen LogP contribution in [0.15, 0.2) is 48.7 Å². The van der Waals surface area contributed by atoms with E-state index in [1.54, 1.807) is 31.4 Å². The number of hydrogen-bond acceptors (Lipinski definition) is 8. The van der Waals surface area contributed by atoms with Crippen LogP contribution < -0.4 is 24.4 Å². The van der Waals surface area contributed by atoms with Gasteiger partial charge in [-0.2, -0.15) is 4.98 Å². The number of methoxy groups -OCH3 is 3. The van der Waals surface area contributed by atoms with E-state index < -0.39 is 5.91 Å². The zero-order chi connectivity index (χ0) is 22.0. The number of carbonyl (C=O) groups excluding carboxylic acids is 2. The Kier molecular flexibility index (Phi) is 5.40. The lowest BCUT2D eigenvalue weighted by molar-refractivity contribution is -0.117. The van der Waals surface area contributed by atoms with Crippen molar-refractivity contribution in [3.05, 3.63) is 54.2 Å². The summed E-state index contributed by atoms with van der Waals surface area (Å²) in [4.78, 5) is 35.5. The molecule has 3 aromatic rings. The maximum absolute atomic E-state index is 12.9. The second-order valence-electron chi connectivity index (χ2n) is 6.62. The number of fused-ring (bicyclic) bond motifs is 1. The molecule has 9 nitrogen and oxygen atoms in total. The summed E-state index contributed by atoms with van der Waals surface area (Å²) >= 11 is 0. The van der Waals surface area contributed by atoms with Crippen molar-refractivity contribution in [3.8, 4) is 17.2 Å². The largest absolute Gasteiger partial charge is 0.497 e. The van der Waals surface area contributed by atoms with Gasteiger partial charge in [0.25, 0.3) is 0 Å². The summed E-state index contributed by atoms with van der Waals surface area (Å²) in [7, 11) is 4.59. The van der Waals surface area contributed by atoms with Crippen LogP contribution in [-0.2, 0) is 4.79 Å². The van der Waals surface area contributed by atoms with Crippen molar-refractivity contribution < 1.29 is 23.8 Å². The first-order valence-electron chi connectivity index (χ1n) is 9.41. The number of nitrogens with zero attached hydrogens (tertiary/aromatic N) is 3. The molecule has 1 N–H and O–H groups in total. The Morgan fingerprint density at radius 2 is 1.74 bits per heavy atom. The molecule has 0 spiro atoms. The number of benzene rings is 2. The molecule has 1 aliphatic heterocycles. The molecular weight excluding hydrogens is 400 g/mol. The van der Waals surface area contributed by atoms with Crippen molar-refractivity contribution >= 4 is 34.8 Å². The number of Topliss-reactive ketones (excluding diaryl/α,β-unsaturated/α-hetero) is 1. The number of ketones is 1. The van der Waals surface area contributed by atoms with Gasteiger partial charge < -0.3 is 19.5 Å². The number of anilines is 4. The van der Waals surface area contributed by atoms with E-state index in [9.17, 15) is 9.59 Å². The first kappa shape index (κ1) is 20.1. The van der Waals surface area contributed by atoms with Crippen molar-refractivity contribution in [1.82, 2.24) is 9.97 Å². The van der Waals surface area contributed by atoms with Gasteiger partial charge >= 0.3 is 0 Å². The van der Waals surface area contributed by atoms with Gasteiger partial charge in [-0.1, -0.05) is 12.1 Å². The van der Waals surface area contributed by atoms with Crippen LogP contribution in [0.4, 0.5) is 23.1 Å². The summed E-state index contributed by atoms with van der Waals surface area (Å²) in [6.45, 7) is 0. The molecule has 0 fully saturated rings. The van der Waals surface area contributed by atoms with Gasteiger partial charge in [-0.15, -0.1) is 0 Å².